The molecule has 7 heteroatoms. The third-order valence-corrected chi connectivity index (χ3v) is 5.23. The van der Waals surface area contributed by atoms with Crippen LogP contribution in [-0.4, -0.2) is 47.2 Å². The summed E-state index contributed by atoms with van der Waals surface area (Å²) in [7, 11) is 0. The maximum absolute atomic E-state index is 12.5. The molecule has 1 aliphatic rings. The molecule has 0 radical (unpaired) electrons. The number of amides is 3. The van der Waals surface area contributed by atoms with E-state index in [0.29, 0.717) is 25.2 Å². The first kappa shape index (κ1) is 20.5. The number of nitrogens with zero attached hydrogens (tertiary/aromatic N) is 2. The largest absolute Gasteiger partial charge is 0.348 e. The highest BCUT2D eigenvalue weighted by molar-refractivity contribution is 6.35. The number of hydrogen-bond donors (Lipinski definition) is 2. The van der Waals surface area contributed by atoms with Crippen molar-refractivity contribution < 1.29 is 14.4 Å². The van der Waals surface area contributed by atoms with Gasteiger partial charge in [0.1, 0.15) is 0 Å². The zero-order chi connectivity index (χ0) is 20.6. The van der Waals surface area contributed by atoms with E-state index in [-0.39, 0.29) is 17.9 Å². The zero-order valence-electron chi connectivity index (χ0n) is 16.5. The predicted molar refractivity (Wildman–Crippen MR) is 109 cm³/mol. The molecule has 29 heavy (non-hydrogen) atoms. The van der Waals surface area contributed by atoms with Gasteiger partial charge in [-0.25, -0.2) is 0 Å². The fourth-order valence-electron chi connectivity index (χ4n) is 3.42. The number of likely N-dealkylation sites (tertiary alicyclic amines) is 1. The molecule has 1 saturated heterocycles. The second kappa shape index (κ2) is 9.82. The van der Waals surface area contributed by atoms with E-state index in [2.05, 4.69) is 15.6 Å². The summed E-state index contributed by atoms with van der Waals surface area (Å²) in [6, 6.07) is 12.7. The maximum Gasteiger partial charge on any atom is 0.309 e. The number of rotatable bonds is 5. The standard InChI is InChI=1S/C22H26N4O3/c1-16(18-5-3-2-4-6-18)25-21(28)20(27)24-15-17-9-13-26(14-10-17)22(29)19-7-11-23-12-8-19/h2-8,11-12,16-17H,9-10,13-15H2,1H3,(H,24,27)(H,25,28)/t16-/m1/s1. The van der Waals surface area contributed by atoms with Gasteiger partial charge < -0.3 is 15.5 Å². The molecule has 2 heterocycles. The van der Waals surface area contributed by atoms with Crippen molar-refractivity contribution >= 4 is 17.7 Å². The number of piperidine rings is 1. The Labute approximate surface area is 170 Å². The van der Waals surface area contributed by atoms with E-state index in [1.165, 1.54) is 0 Å². The quantitative estimate of drug-likeness (QED) is 0.758. The molecule has 1 aliphatic heterocycles. The Morgan fingerprint density at radius 2 is 1.69 bits per heavy atom. The Bertz CT molecular complexity index is 834. The lowest BCUT2D eigenvalue weighted by atomic mass is 9.96. The van der Waals surface area contributed by atoms with Crippen molar-refractivity contribution in [3.8, 4) is 0 Å². The van der Waals surface area contributed by atoms with Gasteiger partial charge in [0.25, 0.3) is 5.91 Å². The smallest absolute Gasteiger partial charge is 0.309 e. The molecular formula is C22H26N4O3. The molecule has 0 aliphatic carbocycles. The van der Waals surface area contributed by atoms with Gasteiger partial charge in [-0.05, 0) is 43.4 Å². The van der Waals surface area contributed by atoms with Crippen molar-refractivity contribution in [2.45, 2.75) is 25.8 Å². The number of hydrogen-bond acceptors (Lipinski definition) is 4. The van der Waals surface area contributed by atoms with Gasteiger partial charge in [0, 0.05) is 37.6 Å². The van der Waals surface area contributed by atoms with E-state index in [4.69, 9.17) is 0 Å². The van der Waals surface area contributed by atoms with E-state index in [1.54, 1.807) is 24.5 Å². The van der Waals surface area contributed by atoms with Crippen molar-refractivity contribution in [1.29, 1.82) is 0 Å². The maximum atomic E-state index is 12.5. The minimum Gasteiger partial charge on any atom is -0.348 e. The van der Waals surface area contributed by atoms with Gasteiger partial charge in [0.15, 0.2) is 0 Å². The van der Waals surface area contributed by atoms with Crippen molar-refractivity contribution in [2.24, 2.45) is 5.92 Å². The first-order valence-corrected chi connectivity index (χ1v) is 9.87. The van der Waals surface area contributed by atoms with Gasteiger partial charge >= 0.3 is 11.8 Å². The average Bonchev–Trinajstić information content (AvgIpc) is 2.78. The van der Waals surface area contributed by atoms with Crippen LogP contribution < -0.4 is 10.6 Å². The van der Waals surface area contributed by atoms with Crippen LogP contribution in [0.15, 0.2) is 54.9 Å². The first-order valence-electron chi connectivity index (χ1n) is 9.87. The van der Waals surface area contributed by atoms with Crippen LogP contribution in [-0.2, 0) is 9.59 Å². The Morgan fingerprint density at radius 3 is 2.34 bits per heavy atom. The molecule has 3 rings (SSSR count). The third kappa shape index (κ3) is 5.63. The minimum atomic E-state index is -0.633. The molecule has 2 aromatic rings. The second-order valence-electron chi connectivity index (χ2n) is 7.29. The van der Waals surface area contributed by atoms with Gasteiger partial charge in [-0.2, -0.15) is 0 Å². The molecular weight excluding hydrogens is 368 g/mol. The lowest BCUT2D eigenvalue weighted by Gasteiger charge is -2.32. The average molecular weight is 394 g/mol. The van der Waals surface area contributed by atoms with Gasteiger partial charge in [0.05, 0.1) is 6.04 Å². The molecule has 0 spiro atoms. The fraction of sp³-hybridized carbons (Fsp3) is 0.364. The van der Waals surface area contributed by atoms with E-state index in [1.807, 2.05) is 42.2 Å². The molecule has 1 atom stereocenters. The van der Waals surface area contributed by atoms with Crippen molar-refractivity contribution in [1.82, 2.24) is 20.5 Å². The number of benzene rings is 1. The molecule has 1 fully saturated rings. The minimum absolute atomic E-state index is 0.00385. The van der Waals surface area contributed by atoms with Gasteiger partial charge in [-0.3, -0.25) is 19.4 Å². The summed E-state index contributed by atoms with van der Waals surface area (Å²) in [5, 5.41) is 5.44. The highest BCUT2D eigenvalue weighted by Crippen LogP contribution is 2.18. The molecule has 3 amide bonds. The first-order chi connectivity index (χ1) is 14.0. The Kier molecular flexibility index (Phi) is 6.94. The van der Waals surface area contributed by atoms with E-state index in [9.17, 15) is 14.4 Å². The molecule has 152 valence electrons. The number of nitrogens with one attached hydrogen (secondary N) is 2. The molecule has 2 N–H and O–H groups in total. The molecule has 1 aromatic heterocycles. The molecule has 0 bridgehead atoms. The molecule has 0 saturated carbocycles. The Hall–Kier alpha value is -3.22. The number of carbonyl (C=O) groups is 3. The SMILES string of the molecule is C[C@@H](NC(=O)C(=O)NCC1CCN(C(=O)c2ccncc2)CC1)c1ccccc1. The molecule has 7 nitrogen and oxygen atoms in total. The van der Waals surface area contributed by atoms with Crippen molar-refractivity contribution in [2.75, 3.05) is 19.6 Å². The van der Waals surface area contributed by atoms with Gasteiger partial charge in [-0.15, -0.1) is 0 Å². The summed E-state index contributed by atoms with van der Waals surface area (Å²) >= 11 is 0. The molecule has 0 unspecified atom stereocenters. The number of carbonyl (C=O) groups excluding carboxylic acids is 3. The lowest BCUT2D eigenvalue weighted by Crippen LogP contribution is -2.45. The van der Waals surface area contributed by atoms with Crippen LogP contribution in [0.2, 0.25) is 0 Å². The normalized spacial score (nSPS) is 15.4. The van der Waals surface area contributed by atoms with Crippen LogP contribution in [0.3, 0.4) is 0 Å². The summed E-state index contributed by atoms with van der Waals surface area (Å²) in [5.41, 5.74) is 1.58. The molecule has 1 aromatic carbocycles. The van der Waals surface area contributed by atoms with E-state index >= 15 is 0 Å². The van der Waals surface area contributed by atoms with Crippen LogP contribution in [0.4, 0.5) is 0 Å². The highest BCUT2D eigenvalue weighted by atomic mass is 16.2. The van der Waals surface area contributed by atoms with Crippen LogP contribution in [0.25, 0.3) is 0 Å². The van der Waals surface area contributed by atoms with Crippen LogP contribution in [0.5, 0.6) is 0 Å². The topological polar surface area (TPSA) is 91.4 Å². The van der Waals surface area contributed by atoms with E-state index < -0.39 is 11.8 Å². The van der Waals surface area contributed by atoms with Crippen LogP contribution in [0, 0.1) is 5.92 Å². The highest BCUT2D eigenvalue weighted by Gasteiger charge is 2.25. The van der Waals surface area contributed by atoms with Gasteiger partial charge in [0.2, 0.25) is 0 Å². The Balaban J connectivity index is 1.40. The summed E-state index contributed by atoms with van der Waals surface area (Å²) in [5.74, 6) is -1.00. The lowest BCUT2D eigenvalue weighted by molar-refractivity contribution is -0.139. The number of pyridine rings is 1. The zero-order valence-corrected chi connectivity index (χ0v) is 16.5. The third-order valence-electron chi connectivity index (χ3n) is 5.23. The fourth-order valence-corrected chi connectivity index (χ4v) is 3.42. The monoisotopic (exact) mass is 394 g/mol. The number of aromatic nitrogens is 1. The Morgan fingerprint density at radius 1 is 1.03 bits per heavy atom. The summed E-state index contributed by atoms with van der Waals surface area (Å²) in [6.45, 7) is 3.55. The van der Waals surface area contributed by atoms with Crippen LogP contribution >= 0.6 is 0 Å². The summed E-state index contributed by atoms with van der Waals surface area (Å²) in [4.78, 5) is 42.4. The summed E-state index contributed by atoms with van der Waals surface area (Å²) < 4.78 is 0. The second-order valence-corrected chi connectivity index (χ2v) is 7.29. The summed E-state index contributed by atoms with van der Waals surface area (Å²) in [6.07, 6.45) is 4.80. The van der Waals surface area contributed by atoms with Crippen LogP contribution in [0.1, 0.15) is 41.7 Å². The van der Waals surface area contributed by atoms with Gasteiger partial charge in [-0.1, -0.05) is 30.3 Å². The van der Waals surface area contributed by atoms with E-state index in [0.717, 1.165) is 18.4 Å². The van der Waals surface area contributed by atoms with Crippen molar-refractivity contribution in [3.05, 3.63) is 66.0 Å². The predicted octanol–water partition coefficient (Wildman–Crippen LogP) is 1.93. The van der Waals surface area contributed by atoms with Crippen molar-refractivity contribution in [3.63, 3.8) is 0 Å².